The lowest BCUT2D eigenvalue weighted by Crippen LogP contribution is -2.17. The lowest BCUT2D eigenvalue weighted by molar-refractivity contribution is 0.269. The van der Waals surface area contributed by atoms with Gasteiger partial charge in [0.05, 0.1) is 22.7 Å². The number of nitrogens with zero attached hydrogens (tertiary/aromatic N) is 1. The number of aromatic nitrogens is 2. The van der Waals surface area contributed by atoms with Crippen LogP contribution >= 0.6 is 11.6 Å². The Morgan fingerprint density at radius 2 is 1.84 bits per heavy atom. The third kappa shape index (κ3) is 5.42. The van der Waals surface area contributed by atoms with E-state index in [0.29, 0.717) is 36.3 Å². The molecule has 6 heteroatoms. The van der Waals surface area contributed by atoms with Gasteiger partial charge in [-0.1, -0.05) is 48.0 Å². The summed E-state index contributed by atoms with van der Waals surface area (Å²) in [5, 5.41) is 4.02. The molecule has 0 bridgehead atoms. The van der Waals surface area contributed by atoms with Gasteiger partial charge in [0.15, 0.2) is 11.5 Å². The topological polar surface area (TPSA) is 59.2 Å². The van der Waals surface area contributed by atoms with Crippen LogP contribution in [0.3, 0.4) is 0 Å². The number of halogens is 1. The number of ether oxygens (including phenoxy) is 2. The number of fused-ring (bicyclic) bond motifs is 1. The van der Waals surface area contributed by atoms with Crippen molar-refractivity contribution in [2.45, 2.75) is 33.4 Å². The molecule has 0 atom stereocenters. The highest BCUT2D eigenvalue weighted by Crippen LogP contribution is 2.37. The maximum absolute atomic E-state index is 6.58. The minimum atomic E-state index is 0.446. The Morgan fingerprint density at radius 1 is 1.03 bits per heavy atom. The second kappa shape index (κ2) is 10.5. The Morgan fingerprint density at radius 3 is 2.66 bits per heavy atom. The fourth-order valence-electron chi connectivity index (χ4n) is 3.61. The van der Waals surface area contributed by atoms with Crippen LogP contribution in [-0.2, 0) is 19.6 Å². The summed E-state index contributed by atoms with van der Waals surface area (Å²) in [5.41, 5.74) is 5.43. The van der Waals surface area contributed by atoms with E-state index >= 15 is 0 Å². The van der Waals surface area contributed by atoms with Gasteiger partial charge in [0, 0.05) is 19.5 Å². The van der Waals surface area contributed by atoms with Gasteiger partial charge in [0.2, 0.25) is 0 Å². The van der Waals surface area contributed by atoms with Crippen molar-refractivity contribution in [3.05, 3.63) is 88.2 Å². The van der Waals surface area contributed by atoms with Crippen molar-refractivity contribution in [1.29, 1.82) is 0 Å². The maximum atomic E-state index is 6.58. The average molecular weight is 450 g/mol. The molecule has 166 valence electrons. The van der Waals surface area contributed by atoms with Crippen LogP contribution in [0.5, 0.6) is 11.5 Å². The van der Waals surface area contributed by atoms with Crippen molar-refractivity contribution in [2.75, 3.05) is 13.2 Å². The molecule has 1 aromatic heterocycles. The van der Waals surface area contributed by atoms with Crippen molar-refractivity contribution in [3.63, 3.8) is 0 Å². The molecule has 0 aliphatic heterocycles. The van der Waals surface area contributed by atoms with E-state index in [1.807, 2.05) is 55.5 Å². The van der Waals surface area contributed by atoms with Crippen LogP contribution in [0.1, 0.15) is 29.4 Å². The molecule has 0 radical (unpaired) electrons. The number of rotatable bonds is 10. The molecule has 0 fully saturated rings. The first-order chi connectivity index (χ1) is 15.6. The minimum Gasteiger partial charge on any atom is -0.490 e. The molecule has 4 rings (SSSR count). The number of benzene rings is 3. The molecule has 1 heterocycles. The molecule has 5 nitrogen and oxygen atoms in total. The highest BCUT2D eigenvalue weighted by molar-refractivity contribution is 6.32. The van der Waals surface area contributed by atoms with Crippen LogP contribution in [0.25, 0.3) is 11.0 Å². The molecule has 2 N–H and O–H groups in total. The number of aryl methyl sites for hydroxylation is 1. The van der Waals surface area contributed by atoms with Gasteiger partial charge in [-0.3, -0.25) is 0 Å². The van der Waals surface area contributed by atoms with E-state index < -0.39 is 0 Å². The van der Waals surface area contributed by atoms with E-state index in [0.717, 1.165) is 41.0 Å². The molecule has 0 spiro atoms. The fraction of sp³-hybridized carbons (Fsp3) is 0.269. The van der Waals surface area contributed by atoms with Gasteiger partial charge in [-0.05, 0) is 54.8 Å². The van der Waals surface area contributed by atoms with Gasteiger partial charge in [0.1, 0.15) is 12.4 Å². The quantitative estimate of drug-likeness (QED) is 0.299. The highest BCUT2D eigenvalue weighted by atomic mass is 35.5. The second-order valence-corrected chi connectivity index (χ2v) is 8.09. The number of hydrogen-bond acceptors (Lipinski definition) is 4. The normalized spacial score (nSPS) is 11.1. The molecule has 0 amide bonds. The Labute approximate surface area is 193 Å². The zero-order valence-electron chi connectivity index (χ0n) is 18.5. The third-order valence-electron chi connectivity index (χ3n) is 5.31. The molecule has 3 aromatic carbocycles. The molecular weight excluding hydrogens is 422 g/mol. The lowest BCUT2D eigenvalue weighted by Gasteiger charge is -2.16. The SMILES string of the molecule is CCOc1cc(CNCCc2nc3ccccc3[nH]2)cc(Cl)c1OCc1ccccc1C. The summed E-state index contributed by atoms with van der Waals surface area (Å²) in [6.45, 7) is 6.49. The van der Waals surface area contributed by atoms with Gasteiger partial charge < -0.3 is 19.8 Å². The van der Waals surface area contributed by atoms with Crippen LogP contribution in [0.15, 0.2) is 60.7 Å². The number of para-hydroxylation sites is 2. The Bertz CT molecular complexity index is 1160. The molecule has 0 saturated heterocycles. The first-order valence-electron chi connectivity index (χ1n) is 10.9. The zero-order chi connectivity index (χ0) is 22.3. The van der Waals surface area contributed by atoms with Crippen LogP contribution in [0, 0.1) is 6.92 Å². The van der Waals surface area contributed by atoms with Crippen molar-refractivity contribution in [1.82, 2.24) is 15.3 Å². The summed E-state index contributed by atoms with van der Waals surface area (Å²) in [4.78, 5) is 7.98. The number of H-pyrrole nitrogens is 1. The second-order valence-electron chi connectivity index (χ2n) is 7.68. The number of imidazole rings is 1. The molecule has 0 aliphatic carbocycles. The first-order valence-corrected chi connectivity index (χ1v) is 11.3. The highest BCUT2D eigenvalue weighted by Gasteiger charge is 2.13. The van der Waals surface area contributed by atoms with Crippen molar-refractivity contribution < 1.29 is 9.47 Å². The molecule has 32 heavy (non-hydrogen) atoms. The smallest absolute Gasteiger partial charge is 0.180 e. The molecule has 4 aromatic rings. The number of hydrogen-bond donors (Lipinski definition) is 2. The predicted octanol–water partition coefficient (Wildman–Crippen LogP) is 5.83. The summed E-state index contributed by atoms with van der Waals surface area (Å²) in [5.74, 6) is 2.23. The monoisotopic (exact) mass is 449 g/mol. The van der Waals surface area contributed by atoms with Crippen molar-refractivity contribution in [2.24, 2.45) is 0 Å². The maximum Gasteiger partial charge on any atom is 0.180 e. The molecule has 0 saturated carbocycles. The molecular formula is C26H28ClN3O2. The van der Waals surface area contributed by atoms with Crippen LogP contribution in [0.2, 0.25) is 5.02 Å². The largest absolute Gasteiger partial charge is 0.490 e. The van der Waals surface area contributed by atoms with Gasteiger partial charge in [-0.15, -0.1) is 0 Å². The van der Waals surface area contributed by atoms with E-state index in [-0.39, 0.29) is 0 Å². The van der Waals surface area contributed by atoms with E-state index in [1.54, 1.807) is 0 Å². The van der Waals surface area contributed by atoms with Gasteiger partial charge in [-0.2, -0.15) is 0 Å². The number of aromatic amines is 1. The van der Waals surface area contributed by atoms with Crippen LogP contribution in [0.4, 0.5) is 0 Å². The summed E-state index contributed by atoms with van der Waals surface area (Å²) in [7, 11) is 0. The summed E-state index contributed by atoms with van der Waals surface area (Å²) in [6, 6.07) is 20.2. The summed E-state index contributed by atoms with van der Waals surface area (Å²) in [6.07, 6.45) is 0.818. The Kier molecular flexibility index (Phi) is 7.30. The van der Waals surface area contributed by atoms with Crippen LogP contribution < -0.4 is 14.8 Å². The van der Waals surface area contributed by atoms with E-state index in [9.17, 15) is 0 Å². The summed E-state index contributed by atoms with van der Waals surface area (Å²) >= 11 is 6.58. The summed E-state index contributed by atoms with van der Waals surface area (Å²) < 4.78 is 11.9. The Hall–Kier alpha value is -3.02. The van der Waals surface area contributed by atoms with Crippen molar-refractivity contribution >= 4 is 22.6 Å². The minimum absolute atomic E-state index is 0.446. The molecule has 0 aliphatic rings. The first kappa shape index (κ1) is 22.2. The van der Waals surface area contributed by atoms with Gasteiger partial charge in [-0.25, -0.2) is 4.98 Å². The lowest BCUT2D eigenvalue weighted by atomic mass is 10.1. The average Bonchev–Trinajstić information content (AvgIpc) is 3.20. The van der Waals surface area contributed by atoms with Crippen molar-refractivity contribution in [3.8, 4) is 11.5 Å². The van der Waals surface area contributed by atoms with Gasteiger partial charge >= 0.3 is 0 Å². The standard InChI is InChI=1S/C26H28ClN3O2/c1-3-31-24-15-19(14-21(27)26(24)32-17-20-9-5-4-8-18(20)2)16-28-13-12-25-29-22-10-6-7-11-23(22)30-25/h4-11,14-15,28H,3,12-13,16-17H2,1-2H3,(H,29,30). The zero-order valence-corrected chi connectivity index (χ0v) is 19.2. The Balaban J connectivity index is 1.37. The van der Waals surface area contributed by atoms with E-state index in [4.69, 9.17) is 21.1 Å². The van der Waals surface area contributed by atoms with E-state index in [2.05, 4.69) is 34.3 Å². The molecule has 0 unspecified atom stereocenters. The number of nitrogens with one attached hydrogen (secondary N) is 2. The van der Waals surface area contributed by atoms with E-state index in [1.165, 1.54) is 5.56 Å². The van der Waals surface area contributed by atoms with Gasteiger partial charge in [0.25, 0.3) is 0 Å². The van der Waals surface area contributed by atoms with Crippen LogP contribution in [-0.4, -0.2) is 23.1 Å². The fourth-order valence-corrected chi connectivity index (χ4v) is 3.90. The predicted molar refractivity (Wildman–Crippen MR) is 130 cm³/mol. The third-order valence-corrected chi connectivity index (χ3v) is 5.59.